The minimum atomic E-state index is -0.101. The van der Waals surface area contributed by atoms with Gasteiger partial charge in [-0.3, -0.25) is 4.79 Å². The molecule has 1 saturated heterocycles. The van der Waals surface area contributed by atoms with Crippen molar-refractivity contribution in [3.05, 3.63) is 29.8 Å². The molecule has 0 aliphatic carbocycles. The highest BCUT2D eigenvalue weighted by atomic mass is 16.3. The molecule has 1 amide bonds. The van der Waals surface area contributed by atoms with Crippen LogP contribution >= 0.6 is 0 Å². The third-order valence-electron chi connectivity index (χ3n) is 3.16. The Hall–Kier alpha value is -1.55. The normalized spacial score (nSPS) is 17.9. The van der Waals surface area contributed by atoms with Crippen LogP contribution in [0.5, 0.6) is 5.75 Å². The number of carbonyl (C=O) groups is 1. The highest BCUT2D eigenvalue weighted by Gasteiger charge is 2.18. The highest BCUT2D eigenvalue weighted by molar-refractivity contribution is 5.94. The Balaban J connectivity index is 1.93. The van der Waals surface area contributed by atoms with Crippen LogP contribution in [-0.2, 0) is 0 Å². The van der Waals surface area contributed by atoms with Crippen molar-refractivity contribution in [1.82, 2.24) is 10.2 Å². The molecule has 4 nitrogen and oxygen atoms in total. The summed E-state index contributed by atoms with van der Waals surface area (Å²) in [6.07, 6.45) is 1.97. The topological polar surface area (TPSA) is 52.6 Å². The van der Waals surface area contributed by atoms with Gasteiger partial charge in [0, 0.05) is 11.6 Å². The first-order valence-corrected chi connectivity index (χ1v) is 5.93. The molecule has 1 aliphatic rings. The Bertz CT molecular complexity index is 398. The van der Waals surface area contributed by atoms with Crippen LogP contribution in [0.15, 0.2) is 24.3 Å². The summed E-state index contributed by atoms with van der Waals surface area (Å²) in [5, 5.41) is 12.3. The molecule has 4 heteroatoms. The van der Waals surface area contributed by atoms with Gasteiger partial charge in [0.25, 0.3) is 5.91 Å². The first-order valence-electron chi connectivity index (χ1n) is 5.93. The van der Waals surface area contributed by atoms with Crippen molar-refractivity contribution in [3.8, 4) is 5.75 Å². The molecule has 2 rings (SSSR count). The van der Waals surface area contributed by atoms with Crippen LogP contribution in [0.25, 0.3) is 0 Å². The molecular formula is C13H18N2O2. The average molecular weight is 234 g/mol. The molecule has 0 saturated carbocycles. The smallest absolute Gasteiger partial charge is 0.251 e. The monoisotopic (exact) mass is 234 g/mol. The van der Waals surface area contributed by atoms with E-state index in [0.29, 0.717) is 5.56 Å². The van der Waals surface area contributed by atoms with E-state index in [1.807, 2.05) is 0 Å². The summed E-state index contributed by atoms with van der Waals surface area (Å²) in [6.45, 7) is 2.04. The molecule has 1 aromatic carbocycles. The minimum absolute atomic E-state index is 0.101. The number of likely N-dealkylation sites (tertiary alicyclic amines) is 1. The van der Waals surface area contributed by atoms with Gasteiger partial charge in [-0.1, -0.05) is 6.07 Å². The summed E-state index contributed by atoms with van der Waals surface area (Å²) in [5.74, 6) is 0.0245. The molecule has 17 heavy (non-hydrogen) atoms. The number of piperidine rings is 1. The van der Waals surface area contributed by atoms with Gasteiger partial charge in [-0.15, -0.1) is 0 Å². The van der Waals surface area contributed by atoms with Crippen molar-refractivity contribution < 1.29 is 9.90 Å². The molecule has 0 atom stereocenters. The van der Waals surface area contributed by atoms with Crippen molar-refractivity contribution in [2.75, 3.05) is 20.1 Å². The summed E-state index contributed by atoms with van der Waals surface area (Å²) in [6, 6.07) is 6.69. The molecule has 2 N–H and O–H groups in total. The first kappa shape index (κ1) is 11.9. The average Bonchev–Trinajstić information content (AvgIpc) is 2.32. The third kappa shape index (κ3) is 3.20. The SMILES string of the molecule is CN1CCC(NC(=O)c2cccc(O)c2)CC1. The van der Waals surface area contributed by atoms with Crippen LogP contribution in [0.4, 0.5) is 0 Å². The Morgan fingerprint density at radius 3 is 2.76 bits per heavy atom. The summed E-state index contributed by atoms with van der Waals surface area (Å²) in [7, 11) is 2.09. The number of amides is 1. The molecule has 1 fully saturated rings. The maximum absolute atomic E-state index is 11.9. The van der Waals surface area contributed by atoms with E-state index in [9.17, 15) is 9.90 Å². The number of hydrogen-bond acceptors (Lipinski definition) is 3. The number of nitrogens with one attached hydrogen (secondary N) is 1. The Morgan fingerprint density at radius 1 is 1.41 bits per heavy atom. The summed E-state index contributed by atoms with van der Waals surface area (Å²) in [5.41, 5.74) is 0.518. The lowest BCUT2D eigenvalue weighted by Crippen LogP contribution is -2.43. The second-order valence-electron chi connectivity index (χ2n) is 4.60. The van der Waals surface area contributed by atoms with E-state index in [0.717, 1.165) is 25.9 Å². The fourth-order valence-corrected chi connectivity index (χ4v) is 2.07. The number of phenolic OH excluding ortho intramolecular Hbond substituents is 1. The highest BCUT2D eigenvalue weighted by Crippen LogP contribution is 2.13. The Kier molecular flexibility index (Phi) is 3.64. The van der Waals surface area contributed by atoms with Gasteiger partial charge in [0.1, 0.15) is 5.75 Å². The summed E-state index contributed by atoms with van der Waals surface area (Å²) >= 11 is 0. The van der Waals surface area contributed by atoms with Gasteiger partial charge in [-0.25, -0.2) is 0 Å². The van der Waals surface area contributed by atoms with Crippen LogP contribution in [0, 0.1) is 0 Å². The van der Waals surface area contributed by atoms with Crippen molar-refractivity contribution in [3.63, 3.8) is 0 Å². The Morgan fingerprint density at radius 2 is 2.12 bits per heavy atom. The van der Waals surface area contributed by atoms with Crippen LogP contribution in [0.3, 0.4) is 0 Å². The number of hydrogen-bond donors (Lipinski definition) is 2. The van der Waals surface area contributed by atoms with E-state index in [1.54, 1.807) is 18.2 Å². The molecule has 92 valence electrons. The van der Waals surface area contributed by atoms with Gasteiger partial charge in [-0.05, 0) is 51.2 Å². The van der Waals surface area contributed by atoms with E-state index in [1.165, 1.54) is 6.07 Å². The fourth-order valence-electron chi connectivity index (χ4n) is 2.07. The van der Waals surface area contributed by atoms with Crippen molar-refractivity contribution in [2.45, 2.75) is 18.9 Å². The molecule has 1 heterocycles. The van der Waals surface area contributed by atoms with Gasteiger partial charge in [0.2, 0.25) is 0 Å². The first-order chi connectivity index (χ1) is 8.15. The molecule has 1 aliphatic heterocycles. The molecule has 1 aromatic rings. The standard InChI is InChI=1S/C13H18N2O2/c1-15-7-5-11(6-8-15)14-13(17)10-3-2-4-12(16)9-10/h2-4,9,11,16H,5-8H2,1H3,(H,14,17). The van der Waals surface area contributed by atoms with Crippen molar-refractivity contribution in [2.24, 2.45) is 0 Å². The summed E-state index contributed by atoms with van der Waals surface area (Å²) in [4.78, 5) is 14.2. The van der Waals surface area contributed by atoms with E-state index in [2.05, 4.69) is 17.3 Å². The molecule has 0 aromatic heterocycles. The molecule has 0 unspecified atom stereocenters. The lowest BCUT2D eigenvalue weighted by atomic mass is 10.0. The number of rotatable bonds is 2. The Labute approximate surface area is 101 Å². The summed E-state index contributed by atoms with van der Waals surface area (Å²) < 4.78 is 0. The van der Waals surface area contributed by atoms with Crippen molar-refractivity contribution >= 4 is 5.91 Å². The quantitative estimate of drug-likeness (QED) is 0.809. The zero-order valence-electron chi connectivity index (χ0n) is 10.0. The minimum Gasteiger partial charge on any atom is -0.508 e. The fraction of sp³-hybridized carbons (Fsp3) is 0.462. The number of nitrogens with zero attached hydrogens (tertiary/aromatic N) is 1. The molecule has 0 radical (unpaired) electrons. The van der Waals surface area contributed by atoms with Crippen molar-refractivity contribution in [1.29, 1.82) is 0 Å². The number of benzene rings is 1. The zero-order chi connectivity index (χ0) is 12.3. The van der Waals surface area contributed by atoms with Crippen LogP contribution in [0.2, 0.25) is 0 Å². The molecule has 0 spiro atoms. The lowest BCUT2D eigenvalue weighted by molar-refractivity contribution is 0.0916. The zero-order valence-corrected chi connectivity index (χ0v) is 10.0. The van der Waals surface area contributed by atoms with Crippen LogP contribution in [0.1, 0.15) is 23.2 Å². The van der Waals surface area contributed by atoms with E-state index in [4.69, 9.17) is 0 Å². The van der Waals surface area contributed by atoms with Gasteiger partial charge in [0.05, 0.1) is 0 Å². The van der Waals surface area contributed by atoms with Gasteiger partial charge < -0.3 is 15.3 Å². The number of phenols is 1. The largest absolute Gasteiger partial charge is 0.508 e. The maximum atomic E-state index is 11.9. The number of aromatic hydroxyl groups is 1. The van der Waals surface area contributed by atoms with Gasteiger partial charge >= 0.3 is 0 Å². The second-order valence-corrected chi connectivity index (χ2v) is 4.60. The second kappa shape index (κ2) is 5.19. The van der Waals surface area contributed by atoms with Crippen LogP contribution in [-0.4, -0.2) is 42.1 Å². The maximum Gasteiger partial charge on any atom is 0.251 e. The van der Waals surface area contributed by atoms with Gasteiger partial charge in [-0.2, -0.15) is 0 Å². The van der Waals surface area contributed by atoms with E-state index in [-0.39, 0.29) is 17.7 Å². The lowest BCUT2D eigenvalue weighted by Gasteiger charge is -2.29. The predicted octanol–water partition coefficient (Wildman–Crippen LogP) is 1.22. The van der Waals surface area contributed by atoms with E-state index < -0.39 is 0 Å². The number of carbonyl (C=O) groups excluding carboxylic acids is 1. The third-order valence-corrected chi connectivity index (χ3v) is 3.16. The van der Waals surface area contributed by atoms with E-state index >= 15 is 0 Å². The van der Waals surface area contributed by atoms with Crippen LogP contribution < -0.4 is 5.32 Å². The van der Waals surface area contributed by atoms with Gasteiger partial charge in [0.15, 0.2) is 0 Å². The molecular weight excluding hydrogens is 216 g/mol. The predicted molar refractivity (Wildman–Crippen MR) is 66.1 cm³/mol. The molecule has 0 bridgehead atoms.